The van der Waals surface area contributed by atoms with E-state index in [4.69, 9.17) is 14.3 Å². The van der Waals surface area contributed by atoms with Gasteiger partial charge in [-0.25, -0.2) is 4.39 Å². The summed E-state index contributed by atoms with van der Waals surface area (Å²) in [7, 11) is 4.94. The second kappa shape index (κ2) is 21.5. The van der Waals surface area contributed by atoms with Crippen molar-refractivity contribution in [3.63, 3.8) is 0 Å². The van der Waals surface area contributed by atoms with Gasteiger partial charge in [0, 0.05) is 62.8 Å². The largest absolute Gasteiger partial charge is 0.491 e. The van der Waals surface area contributed by atoms with Gasteiger partial charge in [0.2, 0.25) is 6.41 Å². The predicted molar refractivity (Wildman–Crippen MR) is 159 cm³/mol. The smallest absolute Gasteiger partial charge is 0.204 e. The van der Waals surface area contributed by atoms with Crippen LogP contribution in [0.2, 0.25) is 0 Å². The Morgan fingerprint density at radius 2 is 1.54 bits per heavy atom. The molecule has 0 saturated carbocycles. The zero-order valence-corrected chi connectivity index (χ0v) is 24.1. The lowest BCUT2D eigenvalue weighted by Crippen LogP contribution is -2.17. The fraction of sp³-hybridized carbons (Fsp3) is 0.448. The van der Waals surface area contributed by atoms with Gasteiger partial charge in [-0.15, -0.1) is 0 Å². The number of halogens is 1. The fourth-order valence-corrected chi connectivity index (χ4v) is 2.93. The average Bonchev–Trinajstić information content (AvgIpc) is 2.89. The van der Waals surface area contributed by atoms with Crippen molar-refractivity contribution >= 4 is 35.4 Å². The molecule has 0 fully saturated rings. The number of alkyl halides is 1. The standard InChI is InChI=1S/C24H32FN3O2.C4H10O2.CH3NO/c1-6-26-23-17-21(30-16-15-29-5)11-12-22(23)18(2)28-20-9-7-19(8-10-20)27-14-13-24(3,4)25;1-5-3-4-6-2;2-1-3/h6-12,17,27-28H,2,13-16H2,1,3-5H3;3-4H2,1-2H3;1H,(H2,2,3). The molecule has 9 nitrogen and oxygen atoms in total. The van der Waals surface area contributed by atoms with Crippen molar-refractivity contribution in [2.45, 2.75) is 32.9 Å². The monoisotopic (exact) mass is 548 g/mol. The van der Waals surface area contributed by atoms with Crippen LogP contribution in [0, 0.1) is 0 Å². The SMILES string of the molecule is C=C(Nc1ccc(NCCC(C)(C)F)cc1)c1ccc(OCCOC)cc1N=CC.COCCOC.NC=O. The minimum absolute atomic E-state index is 0.250. The molecule has 0 unspecified atom stereocenters. The van der Waals surface area contributed by atoms with Crippen molar-refractivity contribution < 1.29 is 28.1 Å². The molecular weight excluding hydrogens is 503 g/mol. The molecule has 0 atom stereocenters. The van der Waals surface area contributed by atoms with Crippen LogP contribution < -0.4 is 21.1 Å². The van der Waals surface area contributed by atoms with E-state index in [1.165, 1.54) is 0 Å². The summed E-state index contributed by atoms with van der Waals surface area (Å²) in [6, 6.07) is 13.5. The number of nitrogens with zero attached hydrogens (tertiary/aromatic N) is 1. The van der Waals surface area contributed by atoms with Crippen LogP contribution in [0.25, 0.3) is 5.70 Å². The molecule has 0 aromatic heterocycles. The number of nitrogens with one attached hydrogen (secondary N) is 2. The van der Waals surface area contributed by atoms with Gasteiger partial charge in [-0.3, -0.25) is 9.79 Å². The Bertz CT molecular complexity index is 959. The molecule has 4 N–H and O–H groups in total. The van der Waals surface area contributed by atoms with E-state index in [0.717, 1.165) is 34.1 Å². The second-order valence-electron chi connectivity index (χ2n) is 8.61. The topological polar surface area (TPSA) is 116 Å². The van der Waals surface area contributed by atoms with Crippen molar-refractivity contribution in [2.75, 3.05) is 64.9 Å². The number of hydrogen-bond donors (Lipinski definition) is 3. The van der Waals surface area contributed by atoms with Gasteiger partial charge in [-0.2, -0.15) is 0 Å². The Morgan fingerprint density at radius 1 is 1.00 bits per heavy atom. The molecule has 2 rings (SSSR count). The molecule has 0 aliphatic rings. The number of rotatable bonds is 15. The summed E-state index contributed by atoms with van der Waals surface area (Å²) < 4.78 is 33.6. The number of nitrogens with two attached hydrogens (primary N) is 1. The number of carbonyl (C=O) groups excluding carboxylic acids is 1. The molecule has 39 heavy (non-hydrogen) atoms. The predicted octanol–water partition coefficient (Wildman–Crippen LogP) is 5.45. The summed E-state index contributed by atoms with van der Waals surface area (Å²) in [4.78, 5) is 13.0. The van der Waals surface area contributed by atoms with Crippen molar-refractivity contribution in [3.8, 4) is 5.75 Å². The molecule has 0 aliphatic heterocycles. The Balaban J connectivity index is 0.00000139. The van der Waals surface area contributed by atoms with Crippen LogP contribution in [0.15, 0.2) is 54.0 Å². The summed E-state index contributed by atoms with van der Waals surface area (Å²) in [5.74, 6) is 0.732. The molecule has 0 spiro atoms. The van der Waals surface area contributed by atoms with E-state index < -0.39 is 5.67 Å². The van der Waals surface area contributed by atoms with Crippen LogP contribution >= 0.6 is 0 Å². The summed E-state index contributed by atoms with van der Waals surface area (Å²) >= 11 is 0. The normalized spacial score (nSPS) is 10.5. The van der Waals surface area contributed by atoms with Crippen molar-refractivity contribution in [2.24, 2.45) is 10.7 Å². The maximum atomic E-state index is 13.6. The van der Waals surface area contributed by atoms with Crippen LogP contribution in [0.3, 0.4) is 0 Å². The quantitative estimate of drug-likeness (QED) is 0.154. The van der Waals surface area contributed by atoms with Gasteiger partial charge in [0.05, 0.1) is 25.5 Å². The first kappa shape index (κ1) is 35.5. The molecule has 0 radical (unpaired) electrons. The number of aliphatic imine (C=N–C) groups is 1. The lowest BCUT2D eigenvalue weighted by molar-refractivity contribution is -0.106. The summed E-state index contributed by atoms with van der Waals surface area (Å²) in [6.07, 6.45) is 2.44. The van der Waals surface area contributed by atoms with E-state index in [1.807, 2.05) is 49.4 Å². The molecule has 1 amide bonds. The number of amides is 1. The first-order chi connectivity index (χ1) is 18.6. The lowest BCUT2D eigenvalue weighted by Gasteiger charge is -2.16. The lowest BCUT2D eigenvalue weighted by atomic mass is 10.1. The van der Waals surface area contributed by atoms with Crippen molar-refractivity contribution in [1.82, 2.24) is 0 Å². The number of anilines is 2. The van der Waals surface area contributed by atoms with Gasteiger partial charge in [0.15, 0.2) is 0 Å². The Hall–Kier alpha value is -3.47. The Kier molecular flexibility index (Phi) is 19.6. The molecule has 0 bridgehead atoms. The molecule has 0 aliphatic carbocycles. The number of ether oxygens (including phenoxy) is 4. The summed E-state index contributed by atoms with van der Waals surface area (Å²) in [6.45, 7) is 12.2. The number of benzene rings is 2. The third-order valence-electron chi connectivity index (χ3n) is 4.84. The van der Waals surface area contributed by atoms with E-state index in [1.54, 1.807) is 41.4 Å². The summed E-state index contributed by atoms with van der Waals surface area (Å²) in [5, 5.41) is 6.55. The second-order valence-corrected chi connectivity index (χ2v) is 8.61. The molecule has 0 heterocycles. The van der Waals surface area contributed by atoms with Gasteiger partial charge in [-0.1, -0.05) is 6.58 Å². The molecule has 0 saturated heterocycles. The zero-order valence-electron chi connectivity index (χ0n) is 24.1. The van der Waals surface area contributed by atoms with E-state index in [-0.39, 0.29) is 6.41 Å². The molecule has 2 aromatic rings. The van der Waals surface area contributed by atoms with E-state index >= 15 is 0 Å². The fourth-order valence-electron chi connectivity index (χ4n) is 2.93. The summed E-state index contributed by atoms with van der Waals surface area (Å²) in [5.41, 5.74) is 7.25. The maximum Gasteiger partial charge on any atom is 0.204 e. The third-order valence-corrected chi connectivity index (χ3v) is 4.84. The minimum Gasteiger partial charge on any atom is -0.491 e. The number of hydrogen-bond acceptors (Lipinski definition) is 8. The van der Waals surface area contributed by atoms with Gasteiger partial charge < -0.3 is 35.3 Å². The van der Waals surface area contributed by atoms with Gasteiger partial charge in [0.25, 0.3) is 0 Å². The highest BCUT2D eigenvalue weighted by Gasteiger charge is 2.14. The first-order valence-corrected chi connectivity index (χ1v) is 12.5. The third kappa shape index (κ3) is 17.6. The molecule has 218 valence electrons. The van der Waals surface area contributed by atoms with Crippen LogP contribution in [-0.2, 0) is 19.0 Å². The van der Waals surface area contributed by atoms with Crippen LogP contribution in [0.1, 0.15) is 32.8 Å². The molecular formula is C29H45FN4O5. The van der Waals surface area contributed by atoms with Crippen molar-refractivity contribution in [1.29, 1.82) is 0 Å². The average molecular weight is 549 g/mol. The minimum atomic E-state index is -1.17. The Morgan fingerprint density at radius 3 is 2.05 bits per heavy atom. The number of primary amides is 1. The van der Waals surface area contributed by atoms with Gasteiger partial charge in [0.1, 0.15) is 18.0 Å². The van der Waals surface area contributed by atoms with Crippen molar-refractivity contribution in [3.05, 3.63) is 54.6 Å². The Labute approximate surface area is 232 Å². The highest BCUT2D eigenvalue weighted by Crippen LogP contribution is 2.31. The maximum absolute atomic E-state index is 13.6. The highest BCUT2D eigenvalue weighted by atomic mass is 19.1. The number of carbonyl (C=O) groups is 1. The van der Waals surface area contributed by atoms with Crippen LogP contribution in [0.5, 0.6) is 5.75 Å². The van der Waals surface area contributed by atoms with E-state index in [9.17, 15) is 4.39 Å². The molecule has 10 heteroatoms. The van der Waals surface area contributed by atoms with Crippen LogP contribution in [-0.4, -0.2) is 72.6 Å². The molecule has 2 aromatic carbocycles. The zero-order chi connectivity index (χ0) is 29.5. The van der Waals surface area contributed by atoms with Gasteiger partial charge in [-0.05, 0) is 63.6 Å². The van der Waals surface area contributed by atoms with Crippen LogP contribution in [0.4, 0.5) is 21.5 Å². The van der Waals surface area contributed by atoms with Gasteiger partial charge >= 0.3 is 0 Å². The van der Waals surface area contributed by atoms with E-state index in [0.29, 0.717) is 39.4 Å². The first-order valence-electron chi connectivity index (χ1n) is 12.5. The van der Waals surface area contributed by atoms with E-state index in [2.05, 4.69) is 37.4 Å². The highest BCUT2D eigenvalue weighted by molar-refractivity contribution is 5.83. The number of methoxy groups -OCH3 is 3.